The fourth-order valence-electron chi connectivity index (χ4n) is 2.54. The molecule has 0 aromatic heterocycles. The lowest BCUT2D eigenvalue weighted by molar-refractivity contribution is 0.469. The standard InChI is InChI=1S/C19H24N2O3S/c1-4-5-11-18(17-13-14(2)12-15(3)19(17)22)20-21-25(23,24)16-9-7-6-8-10-16/h6-10,12-13,21-22H,4-5,11H2,1-3H3/b20-18+. The van der Waals surface area contributed by atoms with Crippen LogP contribution in [0, 0.1) is 13.8 Å². The predicted molar refractivity (Wildman–Crippen MR) is 100 cm³/mol. The largest absolute Gasteiger partial charge is 0.507 e. The van der Waals surface area contributed by atoms with E-state index in [1.165, 1.54) is 12.1 Å². The predicted octanol–water partition coefficient (Wildman–Crippen LogP) is 3.88. The normalized spacial score (nSPS) is 12.2. The summed E-state index contributed by atoms with van der Waals surface area (Å²) in [6, 6.07) is 11.8. The van der Waals surface area contributed by atoms with Gasteiger partial charge in [-0.3, -0.25) is 0 Å². The third-order valence-electron chi connectivity index (χ3n) is 3.88. The van der Waals surface area contributed by atoms with Crippen LogP contribution in [0.1, 0.15) is 42.9 Å². The third kappa shape index (κ3) is 4.82. The molecule has 5 nitrogen and oxygen atoms in total. The first-order chi connectivity index (χ1) is 11.8. The van der Waals surface area contributed by atoms with Crippen molar-refractivity contribution >= 4 is 15.7 Å². The Kier molecular flexibility index (Phi) is 6.20. The number of phenolic OH excluding ortho intramolecular Hbond substituents is 1. The average Bonchev–Trinajstić information content (AvgIpc) is 2.59. The van der Waals surface area contributed by atoms with E-state index in [1.807, 2.05) is 32.9 Å². The summed E-state index contributed by atoms with van der Waals surface area (Å²) in [5, 5.41) is 14.5. The van der Waals surface area contributed by atoms with E-state index in [9.17, 15) is 13.5 Å². The third-order valence-corrected chi connectivity index (χ3v) is 5.10. The zero-order chi connectivity index (χ0) is 18.4. The van der Waals surface area contributed by atoms with Gasteiger partial charge in [-0.15, -0.1) is 0 Å². The molecule has 0 aliphatic carbocycles. The number of sulfonamides is 1. The molecule has 0 amide bonds. The summed E-state index contributed by atoms with van der Waals surface area (Å²) < 4.78 is 24.8. The van der Waals surface area contributed by atoms with Gasteiger partial charge in [0.15, 0.2) is 0 Å². The second-order valence-corrected chi connectivity index (χ2v) is 7.71. The summed E-state index contributed by atoms with van der Waals surface area (Å²) in [5.74, 6) is 0.138. The van der Waals surface area contributed by atoms with Crippen molar-refractivity contribution in [1.29, 1.82) is 0 Å². The van der Waals surface area contributed by atoms with Gasteiger partial charge in [0.25, 0.3) is 10.0 Å². The van der Waals surface area contributed by atoms with E-state index < -0.39 is 10.0 Å². The summed E-state index contributed by atoms with van der Waals surface area (Å²) in [7, 11) is -3.74. The van der Waals surface area contributed by atoms with Gasteiger partial charge >= 0.3 is 0 Å². The molecule has 0 bridgehead atoms. The zero-order valence-corrected chi connectivity index (χ0v) is 15.6. The van der Waals surface area contributed by atoms with Crippen molar-refractivity contribution in [2.24, 2.45) is 5.10 Å². The van der Waals surface area contributed by atoms with E-state index in [4.69, 9.17) is 0 Å². The minimum atomic E-state index is -3.74. The summed E-state index contributed by atoms with van der Waals surface area (Å²) in [6.07, 6.45) is 2.36. The molecular weight excluding hydrogens is 336 g/mol. The lowest BCUT2D eigenvalue weighted by Gasteiger charge is -2.12. The number of hydrogen-bond donors (Lipinski definition) is 2. The van der Waals surface area contributed by atoms with E-state index in [-0.39, 0.29) is 10.6 Å². The molecule has 0 spiro atoms. The van der Waals surface area contributed by atoms with E-state index >= 15 is 0 Å². The summed E-state index contributed by atoms with van der Waals surface area (Å²) in [5.41, 5.74) is 2.83. The number of aromatic hydroxyl groups is 1. The van der Waals surface area contributed by atoms with E-state index in [0.29, 0.717) is 17.7 Å². The van der Waals surface area contributed by atoms with Crippen LogP contribution in [0.4, 0.5) is 0 Å². The van der Waals surface area contributed by atoms with Gasteiger partial charge in [0.2, 0.25) is 0 Å². The van der Waals surface area contributed by atoms with Gasteiger partial charge in [0.1, 0.15) is 5.75 Å². The first kappa shape index (κ1) is 19.0. The number of rotatable bonds is 7. The first-order valence-electron chi connectivity index (χ1n) is 8.29. The van der Waals surface area contributed by atoms with Crippen LogP contribution >= 0.6 is 0 Å². The van der Waals surface area contributed by atoms with Crippen LogP contribution in [-0.4, -0.2) is 19.2 Å². The fraction of sp³-hybridized carbons (Fsp3) is 0.316. The molecule has 0 unspecified atom stereocenters. The Morgan fingerprint density at radius 3 is 2.48 bits per heavy atom. The van der Waals surface area contributed by atoms with Gasteiger partial charge in [0.05, 0.1) is 10.6 Å². The molecule has 0 aliphatic rings. The maximum Gasteiger partial charge on any atom is 0.276 e. The quantitative estimate of drug-likeness (QED) is 0.581. The van der Waals surface area contributed by atoms with Crippen LogP contribution in [0.25, 0.3) is 0 Å². The number of nitrogens with one attached hydrogen (secondary N) is 1. The molecule has 134 valence electrons. The molecule has 2 aromatic carbocycles. The summed E-state index contributed by atoms with van der Waals surface area (Å²) >= 11 is 0. The molecule has 0 fully saturated rings. The van der Waals surface area contributed by atoms with Crippen LogP contribution in [0.2, 0.25) is 0 Å². The monoisotopic (exact) mass is 360 g/mol. The van der Waals surface area contributed by atoms with Crippen LogP contribution < -0.4 is 4.83 Å². The molecule has 2 rings (SSSR count). The molecule has 25 heavy (non-hydrogen) atoms. The second kappa shape index (κ2) is 8.16. The number of hydrazone groups is 1. The Labute approximate surface area is 149 Å². The van der Waals surface area contributed by atoms with E-state index in [2.05, 4.69) is 9.93 Å². The molecule has 0 radical (unpaired) electrons. The number of nitrogens with zero attached hydrogens (tertiary/aromatic N) is 1. The molecular formula is C19H24N2O3S. The highest BCUT2D eigenvalue weighted by Crippen LogP contribution is 2.26. The van der Waals surface area contributed by atoms with Gasteiger partial charge in [-0.05, 0) is 56.0 Å². The number of unbranched alkanes of at least 4 members (excludes halogenated alkanes) is 1. The molecule has 0 saturated carbocycles. The number of benzene rings is 2. The Bertz CT molecular complexity index is 860. The van der Waals surface area contributed by atoms with Crippen molar-refractivity contribution in [3.05, 3.63) is 59.2 Å². The highest BCUT2D eigenvalue weighted by Gasteiger charge is 2.16. The molecule has 0 heterocycles. The number of phenols is 1. The maximum atomic E-state index is 12.4. The highest BCUT2D eigenvalue weighted by molar-refractivity contribution is 7.89. The molecule has 0 saturated heterocycles. The van der Waals surface area contributed by atoms with Gasteiger partial charge < -0.3 is 5.11 Å². The Balaban J connectivity index is 2.40. The fourth-order valence-corrected chi connectivity index (χ4v) is 3.39. The smallest absolute Gasteiger partial charge is 0.276 e. The van der Waals surface area contributed by atoms with Crippen molar-refractivity contribution in [3.63, 3.8) is 0 Å². The second-order valence-electron chi connectivity index (χ2n) is 6.05. The maximum absolute atomic E-state index is 12.4. The highest BCUT2D eigenvalue weighted by atomic mass is 32.2. The molecule has 2 N–H and O–H groups in total. The molecule has 6 heteroatoms. The molecule has 0 aliphatic heterocycles. The first-order valence-corrected chi connectivity index (χ1v) is 9.77. The molecule has 0 atom stereocenters. The number of hydrogen-bond acceptors (Lipinski definition) is 4. The number of aryl methyl sites for hydroxylation is 2. The van der Waals surface area contributed by atoms with Gasteiger partial charge in [0, 0.05) is 5.56 Å². The van der Waals surface area contributed by atoms with Gasteiger partial charge in [-0.25, -0.2) is 0 Å². The topological polar surface area (TPSA) is 78.8 Å². The van der Waals surface area contributed by atoms with Crippen LogP contribution in [0.3, 0.4) is 0 Å². The van der Waals surface area contributed by atoms with Crippen molar-refractivity contribution in [1.82, 2.24) is 4.83 Å². The minimum Gasteiger partial charge on any atom is -0.507 e. The SMILES string of the molecule is CCCC/C(=N\NS(=O)(=O)c1ccccc1)c1cc(C)cc(C)c1O. The van der Waals surface area contributed by atoms with Gasteiger partial charge in [-0.1, -0.05) is 37.6 Å². The van der Waals surface area contributed by atoms with Gasteiger partial charge in [-0.2, -0.15) is 18.4 Å². The lowest BCUT2D eigenvalue weighted by Crippen LogP contribution is -2.21. The van der Waals surface area contributed by atoms with Crippen molar-refractivity contribution in [3.8, 4) is 5.75 Å². The van der Waals surface area contributed by atoms with Crippen LogP contribution in [0.5, 0.6) is 5.75 Å². The molecule has 2 aromatic rings. The Hall–Kier alpha value is -2.34. The van der Waals surface area contributed by atoms with Crippen molar-refractivity contribution < 1.29 is 13.5 Å². The van der Waals surface area contributed by atoms with Crippen LogP contribution in [0.15, 0.2) is 52.5 Å². The Morgan fingerprint density at radius 2 is 1.84 bits per heavy atom. The van der Waals surface area contributed by atoms with E-state index in [0.717, 1.165) is 24.0 Å². The van der Waals surface area contributed by atoms with Crippen molar-refractivity contribution in [2.75, 3.05) is 0 Å². The Morgan fingerprint density at radius 1 is 1.16 bits per heavy atom. The summed E-state index contributed by atoms with van der Waals surface area (Å²) in [4.78, 5) is 2.45. The van der Waals surface area contributed by atoms with E-state index in [1.54, 1.807) is 18.2 Å². The van der Waals surface area contributed by atoms with Crippen LogP contribution in [-0.2, 0) is 10.0 Å². The minimum absolute atomic E-state index is 0.138. The average molecular weight is 360 g/mol. The van der Waals surface area contributed by atoms with Crippen molar-refractivity contribution in [2.45, 2.75) is 44.9 Å². The lowest BCUT2D eigenvalue weighted by atomic mass is 9.99. The zero-order valence-electron chi connectivity index (χ0n) is 14.8. The summed E-state index contributed by atoms with van der Waals surface area (Å²) in [6.45, 7) is 5.80.